The van der Waals surface area contributed by atoms with Gasteiger partial charge in [-0.3, -0.25) is 14.5 Å². The number of nitrogens with one attached hydrogen (secondary N) is 1. The Balaban J connectivity index is 1.88. The van der Waals surface area contributed by atoms with Crippen LogP contribution >= 0.6 is 0 Å². The molecule has 8 heteroatoms. The van der Waals surface area contributed by atoms with Crippen LogP contribution in [0.5, 0.6) is 11.5 Å². The molecular weight excluding hydrogens is 386 g/mol. The Hall–Kier alpha value is -3.29. The molecule has 1 N–H and O–H groups in total. The van der Waals surface area contributed by atoms with E-state index >= 15 is 0 Å². The van der Waals surface area contributed by atoms with E-state index in [1.165, 1.54) is 14.2 Å². The summed E-state index contributed by atoms with van der Waals surface area (Å²) in [6.45, 7) is 7.83. The number of hydrogen-bond donors (Lipinski definition) is 1. The van der Waals surface area contributed by atoms with Crippen LogP contribution in [0.25, 0.3) is 0 Å². The molecular formula is C22H27N3O5. The SMILES string of the molecule is CCn1c(C)cc(C(=O)CN2C(=O)N[C@](C)(c3ccc(OC)c(OC)c3)C2=O)c1C. The summed E-state index contributed by atoms with van der Waals surface area (Å²) < 4.78 is 12.6. The molecule has 1 aromatic carbocycles. The van der Waals surface area contributed by atoms with Gasteiger partial charge >= 0.3 is 6.03 Å². The Morgan fingerprint density at radius 1 is 1.10 bits per heavy atom. The van der Waals surface area contributed by atoms with E-state index < -0.39 is 17.5 Å². The molecule has 1 aromatic heterocycles. The van der Waals surface area contributed by atoms with Crippen LogP contribution in [-0.4, -0.2) is 48.0 Å². The molecule has 2 heterocycles. The van der Waals surface area contributed by atoms with Gasteiger partial charge in [0.15, 0.2) is 17.3 Å². The van der Waals surface area contributed by atoms with Crippen molar-refractivity contribution >= 4 is 17.7 Å². The van der Waals surface area contributed by atoms with Crippen LogP contribution in [0.2, 0.25) is 0 Å². The Labute approximate surface area is 175 Å². The third-order valence-electron chi connectivity index (χ3n) is 5.73. The van der Waals surface area contributed by atoms with E-state index in [9.17, 15) is 14.4 Å². The zero-order chi connectivity index (χ0) is 22.2. The molecule has 1 aliphatic heterocycles. The van der Waals surface area contributed by atoms with E-state index in [1.54, 1.807) is 31.2 Å². The fourth-order valence-corrected chi connectivity index (χ4v) is 3.98. The molecule has 0 spiro atoms. The fourth-order valence-electron chi connectivity index (χ4n) is 3.98. The zero-order valence-electron chi connectivity index (χ0n) is 18.2. The van der Waals surface area contributed by atoms with Gasteiger partial charge in [0, 0.05) is 23.5 Å². The molecule has 0 saturated carbocycles. The average Bonchev–Trinajstić information content (AvgIpc) is 3.14. The summed E-state index contributed by atoms with van der Waals surface area (Å²) in [5.41, 5.74) is 1.55. The number of carbonyl (C=O) groups is 3. The maximum atomic E-state index is 13.2. The number of ether oxygens (including phenoxy) is 2. The summed E-state index contributed by atoms with van der Waals surface area (Å²) in [6, 6.07) is 6.21. The molecule has 2 aromatic rings. The van der Waals surface area contributed by atoms with Gasteiger partial charge in [-0.1, -0.05) is 6.07 Å². The van der Waals surface area contributed by atoms with Gasteiger partial charge in [0.1, 0.15) is 5.54 Å². The number of urea groups is 1. The average molecular weight is 413 g/mol. The van der Waals surface area contributed by atoms with Gasteiger partial charge < -0.3 is 19.4 Å². The number of nitrogens with zero attached hydrogens (tertiary/aromatic N) is 2. The van der Waals surface area contributed by atoms with E-state index in [4.69, 9.17) is 9.47 Å². The second kappa shape index (κ2) is 7.85. The van der Waals surface area contributed by atoms with Crippen LogP contribution in [0.15, 0.2) is 24.3 Å². The van der Waals surface area contributed by atoms with Crippen LogP contribution in [0.1, 0.15) is 41.2 Å². The van der Waals surface area contributed by atoms with E-state index in [1.807, 2.05) is 25.3 Å². The lowest BCUT2D eigenvalue weighted by atomic mass is 9.91. The predicted octanol–water partition coefficient (Wildman–Crippen LogP) is 2.79. The molecule has 0 radical (unpaired) electrons. The summed E-state index contributed by atoms with van der Waals surface area (Å²) in [5.74, 6) is 0.194. The first-order valence-corrected chi connectivity index (χ1v) is 9.74. The van der Waals surface area contributed by atoms with Gasteiger partial charge in [-0.15, -0.1) is 0 Å². The van der Waals surface area contributed by atoms with Gasteiger partial charge in [-0.2, -0.15) is 0 Å². The van der Waals surface area contributed by atoms with Gasteiger partial charge in [-0.05, 0) is 51.5 Å². The molecule has 3 rings (SSSR count). The van der Waals surface area contributed by atoms with Crippen molar-refractivity contribution in [2.75, 3.05) is 20.8 Å². The maximum absolute atomic E-state index is 13.2. The number of benzene rings is 1. The number of amides is 3. The van der Waals surface area contributed by atoms with E-state index in [0.29, 0.717) is 22.6 Å². The Morgan fingerprint density at radius 2 is 1.77 bits per heavy atom. The van der Waals surface area contributed by atoms with Crippen molar-refractivity contribution in [1.29, 1.82) is 0 Å². The first-order chi connectivity index (χ1) is 14.2. The monoisotopic (exact) mass is 413 g/mol. The van der Waals surface area contributed by atoms with Crippen molar-refractivity contribution in [2.24, 2.45) is 0 Å². The van der Waals surface area contributed by atoms with Crippen molar-refractivity contribution in [2.45, 2.75) is 39.8 Å². The minimum atomic E-state index is -1.31. The smallest absolute Gasteiger partial charge is 0.325 e. The molecule has 0 unspecified atom stereocenters. The first kappa shape index (κ1) is 21.4. The third kappa shape index (κ3) is 3.32. The van der Waals surface area contributed by atoms with Crippen LogP contribution in [0.3, 0.4) is 0 Å². The van der Waals surface area contributed by atoms with Crippen molar-refractivity contribution in [3.63, 3.8) is 0 Å². The molecule has 1 saturated heterocycles. The highest BCUT2D eigenvalue weighted by Gasteiger charge is 2.49. The molecule has 0 bridgehead atoms. The molecule has 1 atom stereocenters. The fraction of sp³-hybridized carbons (Fsp3) is 0.409. The summed E-state index contributed by atoms with van der Waals surface area (Å²) in [6.07, 6.45) is 0. The quantitative estimate of drug-likeness (QED) is 0.557. The number of ketones is 1. The summed E-state index contributed by atoms with van der Waals surface area (Å²) in [5, 5.41) is 2.72. The van der Waals surface area contributed by atoms with E-state index in [2.05, 4.69) is 5.32 Å². The van der Waals surface area contributed by atoms with Gasteiger partial charge in [0.25, 0.3) is 5.91 Å². The Bertz CT molecular complexity index is 1030. The summed E-state index contributed by atoms with van der Waals surface area (Å²) in [7, 11) is 3.02. The van der Waals surface area contributed by atoms with Crippen molar-refractivity contribution in [3.05, 3.63) is 46.8 Å². The molecule has 8 nitrogen and oxygen atoms in total. The first-order valence-electron chi connectivity index (χ1n) is 9.74. The number of Topliss-reactive ketones (excluding diaryl/α,β-unsaturated/α-hetero) is 1. The molecule has 1 fully saturated rings. The second-order valence-corrected chi connectivity index (χ2v) is 7.47. The van der Waals surface area contributed by atoms with Crippen molar-refractivity contribution in [3.8, 4) is 11.5 Å². The van der Waals surface area contributed by atoms with Crippen LogP contribution in [-0.2, 0) is 16.9 Å². The summed E-state index contributed by atoms with van der Waals surface area (Å²) >= 11 is 0. The molecule has 1 aliphatic rings. The number of aryl methyl sites for hydroxylation is 1. The van der Waals surface area contributed by atoms with Crippen LogP contribution in [0.4, 0.5) is 4.79 Å². The maximum Gasteiger partial charge on any atom is 0.325 e. The number of hydrogen-bond acceptors (Lipinski definition) is 5. The number of carbonyl (C=O) groups excluding carboxylic acids is 3. The normalized spacial score (nSPS) is 18.5. The number of methoxy groups -OCH3 is 2. The van der Waals surface area contributed by atoms with Crippen LogP contribution in [0, 0.1) is 13.8 Å². The third-order valence-corrected chi connectivity index (χ3v) is 5.73. The lowest BCUT2D eigenvalue weighted by molar-refractivity contribution is -0.130. The second-order valence-electron chi connectivity index (χ2n) is 7.47. The van der Waals surface area contributed by atoms with E-state index in [0.717, 1.165) is 22.8 Å². The van der Waals surface area contributed by atoms with Crippen LogP contribution < -0.4 is 14.8 Å². The lowest BCUT2D eigenvalue weighted by Gasteiger charge is -2.23. The van der Waals surface area contributed by atoms with Crippen molar-refractivity contribution in [1.82, 2.24) is 14.8 Å². The zero-order valence-corrected chi connectivity index (χ0v) is 18.2. The van der Waals surface area contributed by atoms with Gasteiger partial charge in [0.2, 0.25) is 0 Å². The largest absolute Gasteiger partial charge is 0.493 e. The topological polar surface area (TPSA) is 89.9 Å². The molecule has 160 valence electrons. The molecule has 0 aliphatic carbocycles. The Morgan fingerprint density at radius 3 is 2.33 bits per heavy atom. The van der Waals surface area contributed by atoms with Gasteiger partial charge in [-0.25, -0.2) is 4.79 Å². The highest BCUT2D eigenvalue weighted by atomic mass is 16.5. The number of aromatic nitrogens is 1. The lowest BCUT2D eigenvalue weighted by Crippen LogP contribution is -2.41. The minimum Gasteiger partial charge on any atom is -0.493 e. The highest BCUT2D eigenvalue weighted by molar-refractivity contribution is 6.11. The Kier molecular flexibility index (Phi) is 5.61. The molecule has 3 amide bonds. The number of imide groups is 1. The predicted molar refractivity (Wildman–Crippen MR) is 111 cm³/mol. The van der Waals surface area contributed by atoms with Gasteiger partial charge in [0.05, 0.1) is 20.8 Å². The molecule has 30 heavy (non-hydrogen) atoms. The van der Waals surface area contributed by atoms with Crippen molar-refractivity contribution < 1.29 is 23.9 Å². The highest BCUT2D eigenvalue weighted by Crippen LogP contribution is 2.35. The standard InChI is InChI=1S/C22H27N3O5/c1-7-24-13(2)10-16(14(24)3)17(26)12-25-20(27)22(4,23-21(25)28)15-8-9-18(29-5)19(11-15)30-6/h8-11H,7,12H2,1-6H3,(H,23,28)/t22-/m1/s1. The number of rotatable bonds is 7. The summed E-state index contributed by atoms with van der Waals surface area (Å²) in [4.78, 5) is 39.7. The van der Waals surface area contributed by atoms with E-state index in [-0.39, 0.29) is 12.3 Å². The minimum absolute atomic E-state index is 0.275.